The van der Waals surface area contributed by atoms with Gasteiger partial charge in [-0.15, -0.1) is 11.3 Å². The van der Waals surface area contributed by atoms with Crippen LogP contribution in [-0.4, -0.2) is 16.0 Å². The van der Waals surface area contributed by atoms with E-state index >= 15 is 0 Å². The van der Waals surface area contributed by atoms with E-state index in [1.54, 1.807) is 17.5 Å². The normalized spacial score (nSPS) is 14.3. The van der Waals surface area contributed by atoms with Crippen LogP contribution in [0.3, 0.4) is 0 Å². The average molecular weight is 275 g/mol. The zero-order valence-corrected chi connectivity index (χ0v) is 12.6. The predicted molar refractivity (Wildman–Crippen MR) is 81.1 cm³/mol. The molecule has 0 bridgehead atoms. The fourth-order valence-electron chi connectivity index (χ4n) is 1.82. The molecule has 2 aromatic rings. The Hall–Kier alpha value is -1.26. The third-order valence-electron chi connectivity index (χ3n) is 3.54. The Labute approximate surface area is 119 Å². The zero-order chi connectivity index (χ0) is 13.7. The molecule has 2 heterocycles. The minimum Gasteiger partial charge on any atom is -0.308 e. The summed E-state index contributed by atoms with van der Waals surface area (Å²) in [6.07, 6.45) is 3.00. The number of thiazole rings is 1. The lowest BCUT2D eigenvalue weighted by molar-refractivity contribution is 0.388. The Morgan fingerprint density at radius 3 is 2.84 bits per heavy atom. The minimum atomic E-state index is 0.519. The lowest BCUT2D eigenvalue weighted by atomic mass is 10.0. The first kappa shape index (κ1) is 14.2. The van der Waals surface area contributed by atoms with Gasteiger partial charge in [-0.1, -0.05) is 26.3 Å². The summed E-state index contributed by atoms with van der Waals surface area (Å²) in [6, 6.07) is 6.43. The number of nitrogens with zero attached hydrogens (tertiary/aromatic N) is 2. The standard InChI is InChI=1S/C15H21N3S/c1-4-11(2)12(3)17-9-13-10-19-15(18-13)14-7-5-6-8-16-14/h5-8,10-12,17H,4,9H2,1-3H3. The van der Waals surface area contributed by atoms with E-state index in [4.69, 9.17) is 0 Å². The van der Waals surface area contributed by atoms with Crippen molar-refractivity contribution in [2.75, 3.05) is 0 Å². The Kier molecular flexibility index (Phi) is 5.05. The molecule has 2 aromatic heterocycles. The molecule has 2 unspecified atom stereocenters. The summed E-state index contributed by atoms with van der Waals surface area (Å²) in [7, 11) is 0. The second kappa shape index (κ2) is 6.78. The first-order valence-corrected chi connectivity index (χ1v) is 7.68. The van der Waals surface area contributed by atoms with E-state index in [2.05, 4.69) is 41.4 Å². The van der Waals surface area contributed by atoms with Crippen LogP contribution < -0.4 is 5.32 Å². The van der Waals surface area contributed by atoms with E-state index in [-0.39, 0.29) is 0 Å². The highest BCUT2D eigenvalue weighted by molar-refractivity contribution is 7.13. The number of hydrogen-bond acceptors (Lipinski definition) is 4. The highest BCUT2D eigenvalue weighted by Gasteiger charge is 2.10. The Bertz CT molecular complexity index is 495. The third kappa shape index (κ3) is 3.85. The predicted octanol–water partition coefficient (Wildman–Crippen LogP) is 3.73. The quantitative estimate of drug-likeness (QED) is 0.873. The lowest BCUT2D eigenvalue weighted by Gasteiger charge is -2.19. The van der Waals surface area contributed by atoms with Gasteiger partial charge in [-0.3, -0.25) is 4.98 Å². The molecule has 0 aromatic carbocycles. The van der Waals surface area contributed by atoms with Crippen molar-refractivity contribution in [3.05, 3.63) is 35.5 Å². The average Bonchev–Trinajstić information content (AvgIpc) is 2.93. The summed E-state index contributed by atoms with van der Waals surface area (Å²) in [4.78, 5) is 8.96. The monoisotopic (exact) mass is 275 g/mol. The van der Waals surface area contributed by atoms with Gasteiger partial charge in [0.25, 0.3) is 0 Å². The summed E-state index contributed by atoms with van der Waals surface area (Å²) in [5, 5.41) is 6.64. The summed E-state index contributed by atoms with van der Waals surface area (Å²) in [5.41, 5.74) is 2.05. The van der Waals surface area contributed by atoms with Crippen LogP contribution in [0.1, 0.15) is 32.9 Å². The van der Waals surface area contributed by atoms with Crippen molar-refractivity contribution in [2.24, 2.45) is 5.92 Å². The van der Waals surface area contributed by atoms with Gasteiger partial charge in [0.05, 0.1) is 11.4 Å². The Balaban J connectivity index is 1.95. The molecule has 102 valence electrons. The number of aromatic nitrogens is 2. The van der Waals surface area contributed by atoms with Gasteiger partial charge in [0.15, 0.2) is 0 Å². The van der Waals surface area contributed by atoms with Crippen LogP contribution in [0.25, 0.3) is 10.7 Å². The van der Waals surface area contributed by atoms with E-state index in [0.29, 0.717) is 12.0 Å². The minimum absolute atomic E-state index is 0.519. The fourth-order valence-corrected chi connectivity index (χ4v) is 2.61. The van der Waals surface area contributed by atoms with Crippen molar-refractivity contribution in [1.82, 2.24) is 15.3 Å². The van der Waals surface area contributed by atoms with Crippen molar-refractivity contribution in [2.45, 2.75) is 39.8 Å². The Morgan fingerprint density at radius 1 is 1.32 bits per heavy atom. The first-order valence-electron chi connectivity index (χ1n) is 6.80. The Morgan fingerprint density at radius 2 is 2.16 bits per heavy atom. The molecule has 2 atom stereocenters. The molecule has 0 aliphatic rings. The van der Waals surface area contributed by atoms with E-state index in [0.717, 1.165) is 22.9 Å². The highest BCUT2D eigenvalue weighted by Crippen LogP contribution is 2.21. The van der Waals surface area contributed by atoms with Crippen LogP contribution in [-0.2, 0) is 6.54 Å². The van der Waals surface area contributed by atoms with Gasteiger partial charge >= 0.3 is 0 Å². The third-order valence-corrected chi connectivity index (χ3v) is 4.45. The van der Waals surface area contributed by atoms with Gasteiger partial charge in [-0.05, 0) is 25.0 Å². The zero-order valence-electron chi connectivity index (χ0n) is 11.8. The summed E-state index contributed by atoms with van der Waals surface area (Å²) in [5.74, 6) is 0.689. The molecule has 19 heavy (non-hydrogen) atoms. The molecule has 0 spiro atoms. The molecule has 0 amide bonds. The van der Waals surface area contributed by atoms with Crippen molar-refractivity contribution in [3.8, 4) is 10.7 Å². The molecule has 0 aliphatic heterocycles. The first-order chi connectivity index (χ1) is 9.20. The van der Waals surface area contributed by atoms with Gasteiger partial charge in [0, 0.05) is 24.2 Å². The number of rotatable bonds is 6. The summed E-state index contributed by atoms with van der Waals surface area (Å²) >= 11 is 1.65. The number of nitrogens with one attached hydrogen (secondary N) is 1. The maximum absolute atomic E-state index is 4.63. The molecular formula is C15H21N3S. The molecule has 0 saturated heterocycles. The highest BCUT2D eigenvalue weighted by atomic mass is 32.1. The second-order valence-electron chi connectivity index (χ2n) is 4.91. The van der Waals surface area contributed by atoms with Crippen LogP contribution in [0, 0.1) is 5.92 Å². The van der Waals surface area contributed by atoms with Crippen molar-refractivity contribution in [3.63, 3.8) is 0 Å². The van der Waals surface area contributed by atoms with Gasteiger partial charge in [0.1, 0.15) is 5.01 Å². The van der Waals surface area contributed by atoms with Crippen LogP contribution >= 0.6 is 11.3 Å². The molecule has 4 heteroatoms. The van der Waals surface area contributed by atoms with E-state index in [9.17, 15) is 0 Å². The molecule has 0 aliphatic carbocycles. The molecular weight excluding hydrogens is 254 g/mol. The molecule has 0 fully saturated rings. The van der Waals surface area contributed by atoms with E-state index in [1.165, 1.54) is 6.42 Å². The van der Waals surface area contributed by atoms with Gasteiger partial charge in [-0.25, -0.2) is 4.98 Å². The van der Waals surface area contributed by atoms with Crippen LogP contribution in [0.15, 0.2) is 29.8 Å². The largest absolute Gasteiger partial charge is 0.308 e. The van der Waals surface area contributed by atoms with Crippen molar-refractivity contribution >= 4 is 11.3 Å². The van der Waals surface area contributed by atoms with Crippen LogP contribution in [0.2, 0.25) is 0 Å². The topological polar surface area (TPSA) is 37.8 Å². The molecule has 1 N–H and O–H groups in total. The fraction of sp³-hybridized carbons (Fsp3) is 0.467. The smallest absolute Gasteiger partial charge is 0.142 e. The summed E-state index contributed by atoms with van der Waals surface area (Å²) in [6.45, 7) is 7.57. The van der Waals surface area contributed by atoms with E-state index < -0.39 is 0 Å². The number of pyridine rings is 1. The van der Waals surface area contributed by atoms with Gasteiger partial charge < -0.3 is 5.32 Å². The van der Waals surface area contributed by atoms with Crippen LogP contribution in [0.5, 0.6) is 0 Å². The maximum Gasteiger partial charge on any atom is 0.142 e. The van der Waals surface area contributed by atoms with Crippen LogP contribution in [0.4, 0.5) is 0 Å². The maximum atomic E-state index is 4.63. The molecule has 2 rings (SSSR count). The molecule has 0 radical (unpaired) electrons. The van der Waals surface area contributed by atoms with Crippen molar-refractivity contribution in [1.29, 1.82) is 0 Å². The molecule has 0 saturated carbocycles. The van der Waals surface area contributed by atoms with E-state index in [1.807, 2.05) is 18.2 Å². The second-order valence-corrected chi connectivity index (χ2v) is 5.77. The van der Waals surface area contributed by atoms with Crippen molar-refractivity contribution < 1.29 is 0 Å². The SMILES string of the molecule is CCC(C)C(C)NCc1csc(-c2ccccn2)n1. The molecule has 3 nitrogen and oxygen atoms in total. The van der Waals surface area contributed by atoms with Gasteiger partial charge in [0.2, 0.25) is 0 Å². The summed E-state index contributed by atoms with van der Waals surface area (Å²) < 4.78 is 0. The lowest BCUT2D eigenvalue weighted by Crippen LogP contribution is -2.31. The number of hydrogen-bond donors (Lipinski definition) is 1. The van der Waals surface area contributed by atoms with Gasteiger partial charge in [-0.2, -0.15) is 0 Å².